The molecular weight excluding hydrogens is 564 g/mol. The normalized spacial score (nSPS) is 16.7. The molecule has 234 valence electrons. The van der Waals surface area contributed by atoms with Crippen molar-refractivity contribution in [2.24, 2.45) is 0 Å². The van der Waals surface area contributed by atoms with Gasteiger partial charge in [-0.1, -0.05) is 0 Å². The summed E-state index contributed by atoms with van der Waals surface area (Å²) in [5.41, 5.74) is 0.954. The first kappa shape index (κ1) is 32.0. The van der Waals surface area contributed by atoms with Crippen LogP contribution in [-0.2, 0) is 14.3 Å². The molecule has 3 heterocycles. The number of pyridine rings is 1. The van der Waals surface area contributed by atoms with Crippen molar-refractivity contribution < 1.29 is 33.0 Å². The Morgan fingerprint density at radius 3 is 2.72 bits per heavy atom. The van der Waals surface area contributed by atoms with Crippen LogP contribution in [0, 0.1) is 11.6 Å². The molecule has 0 saturated heterocycles. The van der Waals surface area contributed by atoms with Crippen LogP contribution < -0.4 is 10.6 Å². The standard InChI is InChI=1S/C29H39F2N7O5/c1-2-42-11-12-43-10-5-3-4-9-38(18-25(39)40)29(41)36-21-8-6-7-20(14-21)35-28-24(31)17-34-27(37-28)23-16-33-26-22(23)13-19(30)15-32-26/h13,15-17,20-21H,2-12,14,18H2,1H3,(H,32,33)(H,36,41)(H,39,40)(H,34,35,37)/t20-,21+/m0/s1. The Bertz CT molecular complexity index is 1360. The molecule has 1 saturated carbocycles. The number of carbonyl (C=O) groups excluding carboxylic acids is 1. The number of rotatable bonds is 16. The minimum absolute atomic E-state index is 0.00932. The third kappa shape index (κ3) is 9.55. The first-order valence-corrected chi connectivity index (χ1v) is 14.7. The molecule has 0 aromatic carbocycles. The minimum atomic E-state index is -1.08. The number of aliphatic carboxylic acids is 1. The fraction of sp³-hybridized carbons (Fsp3) is 0.552. The molecule has 14 heteroatoms. The predicted octanol–water partition coefficient (Wildman–Crippen LogP) is 4.34. The van der Waals surface area contributed by atoms with Crippen LogP contribution in [0.1, 0.15) is 51.9 Å². The number of unbranched alkanes of at least 4 members (excludes halogenated alkanes) is 2. The summed E-state index contributed by atoms with van der Waals surface area (Å²) in [7, 11) is 0. The van der Waals surface area contributed by atoms with E-state index in [1.165, 1.54) is 11.0 Å². The molecule has 0 aliphatic heterocycles. The Labute approximate surface area is 248 Å². The van der Waals surface area contributed by atoms with Crippen LogP contribution in [0.3, 0.4) is 0 Å². The smallest absolute Gasteiger partial charge is 0.323 e. The molecule has 1 aliphatic rings. The van der Waals surface area contributed by atoms with Gasteiger partial charge in [-0.05, 0) is 57.9 Å². The van der Waals surface area contributed by atoms with E-state index in [0.717, 1.165) is 44.5 Å². The number of aromatic amines is 1. The molecule has 0 spiro atoms. The SMILES string of the molecule is CCOCCOCCCCCN(CC(=O)O)C(=O)N[C@@H]1CCC[C@H](Nc2nc(-c3c[nH]c4ncc(F)cc34)ncc2F)C1. The molecule has 3 aromatic rings. The van der Waals surface area contributed by atoms with E-state index in [2.05, 4.69) is 30.6 Å². The number of amides is 2. The van der Waals surface area contributed by atoms with E-state index in [9.17, 15) is 23.5 Å². The van der Waals surface area contributed by atoms with Crippen molar-refractivity contribution in [1.29, 1.82) is 0 Å². The molecule has 4 N–H and O–H groups in total. The van der Waals surface area contributed by atoms with Crippen molar-refractivity contribution in [2.75, 3.05) is 44.8 Å². The number of carbonyl (C=O) groups is 2. The second-order valence-electron chi connectivity index (χ2n) is 10.5. The highest BCUT2D eigenvalue weighted by atomic mass is 19.1. The van der Waals surface area contributed by atoms with Crippen molar-refractivity contribution in [3.8, 4) is 11.4 Å². The van der Waals surface area contributed by atoms with Crippen LogP contribution in [0.25, 0.3) is 22.4 Å². The van der Waals surface area contributed by atoms with Gasteiger partial charge >= 0.3 is 12.0 Å². The number of anilines is 1. The highest BCUT2D eigenvalue weighted by molar-refractivity contribution is 5.91. The molecule has 1 aliphatic carbocycles. The maximum atomic E-state index is 14.7. The lowest BCUT2D eigenvalue weighted by molar-refractivity contribution is -0.137. The quantitative estimate of drug-likeness (QED) is 0.175. The Morgan fingerprint density at radius 2 is 1.91 bits per heavy atom. The molecule has 1 fully saturated rings. The molecule has 0 radical (unpaired) electrons. The lowest BCUT2D eigenvalue weighted by Gasteiger charge is -2.32. The van der Waals surface area contributed by atoms with E-state index < -0.39 is 30.2 Å². The highest BCUT2D eigenvalue weighted by Crippen LogP contribution is 2.28. The first-order valence-electron chi connectivity index (χ1n) is 14.7. The average Bonchev–Trinajstić information content (AvgIpc) is 3.40. The van der Waals surface area contributed by atoms with Crippen LogP contribution >= 0.6 is 0 Å². The van der Waals surface area contributed by atoms with Crippen molar-refractivity contribution in [3.63, 3.8) is 0 Å². The van der Waals surface area contributed by atoms with E-state index >= 15 is 0 Å². The summed E-state index contributed by atoms with van der Waals surface area (Å²) in [6, 6.07) is 0.474. The summed E-state index contributed by atoms with van der Waals surface area (Å²) in [6.07, 6.45) is 8.75. The Hall–Kier alpha value is -3.91. The number of hydrogen-bond acceptors (Lipinski definition) is 8. The molecule has 4 rings (SSSR count). The van der Waals surface area contributed by atoms with Gasteiger partial charge in [0.25, 0.3) is 0 Å². The molecule has 0 bridgehead atoms. The number of aromatic nitrogens is 4. The van der Waals surface area contributed by atoms with Crippen molar-refractivity contribution in [3.05, 3.63) is 36.3 Å². The summed E-state index contributed by atoms with van der Waals surface area (Å²) in [5.74, 6) is -2.00. The summed E-state index contributed by atoms with van der Waals surface area (Å²) in [4.78, 5) is 41.1. The fourth-order valence-corrected chi connectivity index (χ4v) is 5.14. The van der Waals surface area contributed by atoms with E-state index in [4.69, 9.17) is 9.47 Å². The van der Waals surface area contributed by atoms with E-state index in [1.54, 1.807) is 6.20 Å². The number of halogens is 2. The van der Waals surface area contributed by atoms with E-state index in [-0.39, 0.29) is 23.7 Å². The van der Waals surface area contributed by atoms with Gasteiger partial charge < -0.3 is 35.1 Å². The number of hydrogen-bond donors (Lipinski definition) is 4. The number of nitrogens with one attached hydrogen (secondary N) is 3. The Morgan fingerprint density at radius 1 is 1.09 bits per heavy atom. The molecular formula is C29H39F2N7O5. The van der Waals surface area contributed by atoms with Gasteiger partial charge in [0.1, 0.15) is 18.0 Å². The van der Waals surface area contributed by atoms with Gasteiger partial charge in [0, 0.05) is 49.0 Å². The van der Waals surface area contributed by atoms with Gasteiger partial charge in [-0.15, -0.1) is 0 Å². The lowest BCUT2D eigenvalue weighted by Crippen LogP contribution is -2.49. The predicted molar refractivity (Wildman–Crippen MR) is 156 cm³/mol. The largest absolute Gasteiger partial charge is 0.480 e. The highest BCUT2D eigenvalue weighted by Gasteiger charge is 2.27. The molecule has 2 atom stereocenters. The second-order valence-corrected chi connectivity index (χ2v) is 10.5. The number of H-pyrrole nitrogens is 1. The van der Waals surface area contributed by atoms with Crippen LogP contribution in [0.5, 0.6) is 0 Å². The van der Waals surface area contributed by atoms with Crippen molar-refractivity contribution in [1.82, 2.24) is 30.2 Å². The molecule has 3 aromatic heterocycles. The second kappa shape index (κ2) is 16.1. The third-order valence-electron chi connectivity index (χ3n) is 7.23. The zero-order valence-corrected chi connectivity index (χ0v) is 24.3. The van der Waals surface area contributed by atoms with Crippen molar-refractivity contribution >= 4 is 28.9 Å². The zero-order chi connectivity index (χ0) is 30.6. The minimum Gasteiger partial charge on any atom is -0.480 e. The Kier molecular flexibility index (Phi) is 12.0. The monoisotopic (exact) mass is 603 g/mol. The topological polar surface area (TPSA) is 155 Å². The van der Waals surface area contributed by atoms with Crippen molar-refractivity contribution in [2.45, 2.75) is 64.0 Å². The van der Waals surface area contributed by atoms with Crippen LogP contribution in [-0.4, -0.2) is 93.5 Å². The molecule has 12 nitrogen and oxygen atoms in total. The molecule has 43 heavy (non-hydrogen) atoms. The van der Waals surface area contributed by atoms with Gasteiger partial charge in [0.2, 0.25) is 0 Å². The molecule has 0 unspecified atom stereocenters. The summed E-state index contributed by atoms with van der Waals surface area (Å²) < 4.78 is 39.2. The third-order valence-corrected chi connectivity index (χ3v) is 7.23. The van der Waals surface area contributed by atoms with Gasteiger partial charge in [-0.2, -0.15) is 0 Å². The maximum absolute atomic E-state index is 14.7. The number of carboxylic acids is 1. The summed E-state index contributed by atoms with van der Waals surface area (Å²) >= 11 is 0. The van der Waals surface area contributed by atoms with Crippen LogP contribution in [0.15, 0.2) is 24.7 Å². The molecule has 2 amide bonds. The first-order chi connectivity index (χ1) is 20.8. The Balaban J connectivity index is 1.30. The summed E-state index contributed by atoms with van der Waals surface area (Å²) in [6.45, 7) is 4.17. The number of fused-ring (bicyclic) bond motifs is 1. The summed E-state index contributed by atoms with van der Waals surface area (Å²) in [5, 5.41) is 15.9. The van der Waals surface area contributed by atoms with Crippen LogP contribution in [0.4, 0.5) is 19.4 Å². The number of nitrogens with zero attached hydrogens (tertiary/aromatic N) is 4. The average molecular weight is 604 g/mol. The van der Waals surface area contributed by atoms with Gasteiger partial charge in [0.05, 0.1) is 25.6 Å². The van der Waals surface area contributed by atoms with Gasteiger partial charge in [0.15, 0.2) is 17.5 Å². The van der Waals surface area contributed by atoms with E-state index in [1.807, 2.05) is 6.92 Å². The van der Waals surface area contributed by atoms with Crippen LogP contribution in [0.2, 0.25) is 0 Å². The lowest BCUT2D eigenvalue weighted by atomic mass is 9.91. The van der Waals surface area contributed by atoms with Gasteiger partial charge in [-0.25, -0.2) is 28.5 Å². The fourth-order valence-electron chi connectivity index (χ4n) is 5.14. The zero-order valence-electron chi connectivity index (χ0n) is 24.3. The van der Waals surface area contributed by atoms with Gasteiger partial charge in [-0.3, -0.25) is 4.79 Å². The number of urea groups is 1. The van der Waals surface area contributed by atoms with E-state index in [0.29, 0.717) is 62.4 Å². The maximum Gasteiger partial charge on any atom is 0.323 e. The number of carboxylic acid groups (broad SMARTS) is 1. The number of ether oxygens (including phenoxy) is 2.